The van der Waals surface area contributed by atoms with Gasteiger partial charge in [-0.2, -0.15) is 0 Å². The maximum atomic E-state index is 13.1. The molecule has 6 heteroatoms. The second-order valence-corrected chi connectivity index (χ2v) is 3.28. The molecule has 0 bridgehead atoms. The number of hydrogen-bond acceptors (Lipinski definition) is 1. The molecule has 0 fully saturated rings. The molecule has 0 radical (unpaired) electrons. The van der Waals surface area contributed by atoms with Gasteiger partial charge in [0.05, 0.1) is 15.6 Å². The van der Waals surface area contributed by atoms with Crippen LogP contribution in [0.3, 0.4) is 0 Å². The summed E-state index contributed by atoms with van der Waals surface area (Å²) in [7, 11) is 0. The molecule has 76 valence electrons. The number of hydrogen-bond donors (Lipinski definition) is 1. The molecule has 1 aromatic carbocycles. The maximum Gasteiger partial charge on any atom is 0.336 e. The number of carboxylic acid groups (broad SMARTS) is 1. The lowest BCUT2D eigenvalue weighted by molar-refractivity contribution is 0.0682. The van der Waals surface area contributed by atoms with Gasteiger partial charge >= 0.3 is 5.97 Å². The Morgan fingerprint density at radius 3 is 2.43 bits per heavy atom. The zero-order chi connectivity index (χ0) is 10.9. The summed E-state index contributed by atoms with van der Waals surface area (Å²) < 4.78 is 37.5. The predicted octanol–water partition coefficient (Wildman–Crippen LogP) is 3.22. The third-order valence-electron chi connectivity index (χ3n) is 1.58. The standard InChI is InChI=1S/C8H4BrF3O2/c9-4-2-1-3(8(13)14)5(6(4)10)7(11)12/h1-2,7H,(H,13,14). The molecule has 1 rings (SSSR count). The van der Waals surface area contributed by atoms with Gasteiger partial charge < -0.3 is 5.11 Å². The molecule has 0 saturated carbocycles. The highest BCUT2D eigenvalue weighted by molar-refractivity contribution is 9.10. The molecule has 1 N–H and O–H groups in total. The Morgan fingerprint density at radius 1 is 1.43 bits per heavy atom. The number of aromatic carboxylic acids is 1. The molecule has 14 heavy (non-hydrogen) atoms. The Bertz CT molecular complexity index is 379. The summed E-state index contributed by atoms with van der Waals surface area (Å²) in [4.78, 5) is 10.5. The van der Waals surface area contributed by atoms with Crippen molar-refractivity contribution in [1.82, 2.24) is 0 Å². The summed E-state index contributed by atoms with van der Waals surface area (Å²) in [6.45, 7) is 0. The van der Waals surface area contributed by atoms with E-state index in [4.69, 9.17) is 5.11 Å². The zero-order valence-corrected chi connectivity index (χ0v) is 8.19. The van der Waals surface area contributed by atoms with Gasteiger partial charge in [0, 0.05) is 0 Å². The third kappa shape index (κ3) is 1.89. The fourth-order valence-corrected chi connectivity index (χ4v) is 1.31. The fourth-order valence-electron chi connectivity index (χ4n) is 0.966. The number of halogens is 4. The van der Waals surface area contributed by atoms with E-state index in [1.807, 2.05) is 0 Å². The van der Waals surface area contributed by atoms with E-state index in [1.165, 1.54) is 0 Å². The van der Waals surface area contributed by atoms with Gasteiger partial charge in [-0.1, -0.05) is 0 Å². The van der Waals surface area contributed by atoms with Gasteiger partial charge in [-0.25, -0.2) is 18.0 Å². The van der Waals surface area contributed by atoms with Crippen molar-refractivity contribution in [3.05, 3.63) is 33.5 Å². The Labute approximate surface area is 85.5 Å². The highest BCUT2D eigenvalue weighted by atomic mass is 79.9. The van der Waals surface area contributed by atoms with Crippen LogP contribution in [0.4, 0.5) is 13.2 Å². The van der Waals surface area contributed by atoms with Crippen LogP contribution in [0.5, 0.6) is 0 Å². The molecular weight excluding hydrogens is 265 g/mol. The van der Waals surface area contributed by atoms with Crippen LogP contribution in [0.15, 0.2) is 16.6 Å². The van der Waals surface area contributed by atoms with E-state index in [-0.39, 0.29) is 4.47 Å². The largest absolute Gasteiger partial charge is 0.478 e. The minimum atomic E-state index is -3.15. The Morgan fingerprint density at radius 2 is 2.00 bits per heavy atom. The van der Waals surface area contributed by atoms with Crippen molar-refractivity contribution in [1.29, 1.82) is 0 Å². The summed E-state index contributed by atoms with van der Waals surface area (Å²) in [6, 6.07) is 2.00. The van der Waals surface area contributed by atoms with Crippen molar-refractivity contribution in [2.75, 3.05) is 0 Å². The monoisotopic (exact) mass is 268 g/mol. The van der Waals surface area contributed by atoms with Crippen LogP contribution in [0.2, 0.25) is 0 Å². The lowest BCUT2D eigenvalue weighted by atomic mass is 10.1. The lowest BCUT2D eigenvalue weighted by Crippen LogP contribution is -2.05. The highest BCUT2D eigenvalue weighted by Gasteiger charge is 2.23. The van der Waals surface area contributed by atoms with Crippen molar-refractivity contribution < 1.29 is 23.1 Å². The number of alkyl halides is 2. The average Bonchev–Trinajstić information content (AvgIpc) is 2.08. The quantitative estimate of drug-likeness (QED) is 0.894. The van der Waals surface area contributed by atoms with E-state index in [1.54, 1.807) is 0 Å². The zero-order valence-electron chi connectivity index (χ0n) is 6.60. The number of carboxylic acids is 1. The van der Waals surface area contributed by atoms with Crippen LogP contribution in [0, 0.1) is 5.82 Å². The molecule has 0 aliphatic heterocycles. The van der Waals surface area contributed by atoms with Crippen molar-refractivity contribution in [2.45, 2.75) is 6.43 Å². The summed E-state index contributed by atoms with van der Waals surface area (Å²) in [5, 5.41) is 8.51. The SMILES string of the molecule is O=C(O)c1ccc(Br)c(F)c1C(F)F. The maximum absolute atomic E-state index is 13.1. The van der Waals surface area contributed by atoms with Gasteiger partial charge in [-0.15, -0.1) is 0 Å². The molecule has 0 aromatic heterocycles. The molecule has 0 heterocycles. The fraction of sp³-hybridized carbons (Fsp3) is 0.125. The molecule has 2 nitrogen and oxygen atoms in total. The molecule has 0 saturated heterocycles. The topological polar surface area (TPSA) is 37.3 Å². The van der Waals surface area contributed by atoms with E-state index >= 15 is 0 Å². The Kier molecular flexibility index (Phi) is 3.15. The average molecular weight is 269 g/mol. The first-order chi connectivity index (χ1) is 6.45. The van der Waals surface area contributed by atoms with Crippen LogP contribution in [0.1, 0.15) is 22.3 Å². The molecule has 0 atom stereocenters. The number of benzene rings is 1. The normalized spacial score (nSPS) is 10.6. The van der Waals surface area contributed by atoms with Gasteiger partial charge in [0.25, 0.3) is 6.43 Å². The minimum absolute atomic E-state index is 0.183. The second-order valence-electron chi connectivity index (χ2n) is 2.43. The first-order valence-corrected chi connectivity index (χ1v) is 4.23. The van der Waals surface area contributed by atoms with Crippen LogP contribution in [0.25, 0.3) is 0 Å². The molecule has 0 aliphatic rings. The first kappa shape index (κ1) is 11.0. The second kappa shape index (κ2) is 4.00. The summed E-state index contributed by atoms with van der Waals surface area (Å²) in [6.07, 6.45) is -3.15. The smallest absolute Gasteiger partial charge is 0.336 e. The summed E-state index contributed by atoms with van der Waals surface area (Å²) in [5.41, 5.74) is -1.81. The van der Waals surface area contributed by atoms with E-state index in [9.17, 15) is 18.0 Å². The number of rotatable bonds is 2. The van der Waals surface area contributed by atoms with Crippen LogP contribution in [-0.4, -0.2) is 11.1 Å². The molecule has 1 aromatic rings. The van der Waals surface area contributed by atoms with Crippen molar-refractivity contribution in [2.24, 2.45) is 0 Å². The molecule has 0 aliphatic carbocycles. The van der Waals surface area contributed by atoms with Gasteiger partial charge in [0.2, 0.25) is 0 Å². The van der Waals surface area contributed by atoms with Crippen molar-refractivity contribution in [3.63, 3.8) is 0 Å². The summed E-state index contributed by atoms with van der Waals surface area (Å²) >= 11 is 2.70. The van der Waals surface area contributed by atoms with E-state index < -0.39 is 29.3 Å². The minimum Gasteiger partial charge on any atom is -0.478 e. The third-order valence-corrected chi connectivity index (χ3v) is 2.19. The van der Waals surface area contributed by atoms with Crippen LogP contribution < -0.4 is 0 Å². The van der Waals surface area contributed by atoms with Crippen LogP contribution >= 0.6 is 15.9 Å². The number of carbonyl (C=O) groups is 1. The Hall–Kier alpha value is -1.04. The van der Waals surface area contributed by atoms with Gasteiger partial charge in [-0.05, 0) is 28.1 Å². The molecular formula is C8H4BrF3O2. The van der Waals surface area contributed by atoms with E-state index in [2.05, 4.69) is 15.9 Å². The predicted molar refractivity (Wildman–Crippen MR) is 46.0 cm³/mol. The van der Waals surface area contributed by atoms with Gasteiger partial charge in [0.15, 0.2) is 0 Å². The van der Waals surface area contributed by atoms with Crippen LogP contribution in [-0.2, 0) is 0 Å². The molecule has 0 unspecified atom stereocenters. The Balaban J connectivity index is 3.45. The van der Waals surface area contributed by atoms with E-state index in [0.717, 1.165) is 12.1 Å². The first-order valence-electron chi connectivity index (χ1n) is 3.44. The lowest BCUT2D eigenvalue weighted by Gasteiger charge is -2.07. The van der Waals surface area contributed by atoms with Gasteiger partial charge in [0.1, 0.15) is 5.82 Å². The van der Waals surface area contributed by atoms with Crippen molar-refractivity contribution in [3.8, 4) is 0 Å². The van der Waals surface area contributed by atoms with Gasteiger partial charge in [-0.3, -0.25) is 0 Å². The van der Waals surface area contributed by atoms with E-state index in [0.29, 0.717) is 0 Å². The molecule has 0 amide bonds. The highest BCUT2D eigenvalue weighted by Crippen LogP contribution is 2.30. The molecule has 0 spiro atoms. The summed E-state index contributed by atoms with van der Waals surface area (Å²) in [5.74, 6) is -2.81. The van der Waals surface area contributed by atoms with Crippen molar-refractivity contribution >= 4 is 21.9 Å².